The second-order valence-corrected chi connectivity index (χ2v) is 15.9. The first-order valence-electron chi connectivity index (χ1n) is 21.1. The quantitative estimate of drug-likeness (QED) is 0.168. The van der Waals surface area contributed by atoms with Crippen LogP contribution in [-0.2, 0) is 0 Å². The molecular formula is C56H35N7. The molecule has 6 heterocycles. The van der Waals surface area contributed by atoms with Gasteiger partial charge in [0.25, 0.3) is 0 Å². The van der Waals surface area contributed by atoms with Crippen LogP contribution >= 0.6 is 0 Å². The van der Waals surface area contributed by atoms with Gasteiger partial charge in [0.2, 0.25) is 0 Å². The lowest BCUT2D eigenvalue weighted by atomic mass is 10.0. The Labute approximate surface area is 361 Å². The fraction of sp³-hybridized carbons (Fsp3) is 0. The lowest BCUT2D eigenvalue weighted by Gasteiger charge is -2.23. The van der Waals surface area contributed by atoms with Gasteiger partial charge in [0.05, 0.1) is 61.6 Å². The fourth-order valence-electron chi connectivity index (χ4n) is 9.64. The van der Waals surface area contributed by atoms with E-state index >= 15 is 0 Å². The number of aromatic nitrogens is 7. The minimum Gasteiger partial charge on any atom is -0.307 e. The molecule has 0 aliphatic heterocycles. The summed E-state index contributed by atoms with van der Waals surface area (Å²) in [6, 6.07) is 70.6. The van der Waals surface area contributed by atoms with Crippen LogP contribution in [0.4, 0.5) is 0 Å². The van der Waals surface area contributed by atoms with E-state index in [1.807, 2.05) is 48.8 Å². The van der Waals surface area contributed by atoms with E-state index in [2.05, 4.69) is 177 Å². The Hall–Kier alpha value is -8.68. The third-order valence-electron chi connectivity index (χ3n) is 12.3. The third kappa shape index (κ3) is 5.40. The highest BCUT2D eigenvalue weighted by molar-refractivity contribution is 6.12. The molecule has 0 N–H and O–H groups in total. The van der Waals surface area contributed by atoms with Gasteiger partial charge in [-0.05, 0) is 66.7 Å². The van der Waals surface area contributed by atoms with Crippen LogP contribution in [0.2, 0.25) is 0 Å². The predicted octanol–water partition coefficient (Wildman–Crippen LogP) is 13.6. The average molecular weight is 806 g/mol. The van der Waals surface area contributed by atoms with E-state index in [0.29, 0.717) is 5.82 Å². The number of fused-ring (bicyclic) bond motifs is 9. The van der Waals surface area contributed by atoms with Crippen LogP contribution in [0, 0.1) is 0 Å². The summed E-state index contributed by atoms with van der Waals surface area (Å²) < 4.78 is 7.24. The molecule has 0 saturated heterocycles. The Bertz CT molecular complexity index is 3560. The average Bonchev–Trinajstić information content (AvgIpc) is 4.00. The Kier molecular flexibility index (Phi) is 7.77. The van der Waals surface area contributed by atoms with Gasteiger partial charge in [0, 0.05) is 50.6 Å². The zero-order valence-electron chi connectivity index (χ0n) is 33.8. The topological polar surface area (TPSA) is 66.3 Å². The van der Waals surface area contributed by atoms with Crippen molar-refractivity contribution in [3.8, 4) is 51.0 Å². The van der Waals surface area contributed by atoms with Crippen LogP contribution in [-0.4, -0.2) is 33.6 Å². The summed E-state index contributed by atoms with van der Waals surface area (Å²) in [5.74, 6) is 0.660. The summed E-state index contributed by atoms with van der Waals surface area (Å²) in [6.45, 7) is 0. The SMILES string of the molecule is c1ccc(-c2cc(-c3cc(-n4c5ccccc5c5ccccc54)c(-n4c5cccnc5c5ncccc54)c(-n4c5ccccc5c5ccccc54)c3)nc(-c3ccccc3)n2)cc1. The van der Waals surface area contributed by atoms with Crippen molar-refractivity contribution in [3.05, 3.63) is 213 Å². The number of pyridine rings is 2. The molecule has 0 unspecified atom stereocenters. The molecule has 13 rings (SSSR count). The minimum absolute atomic E-state index is 0.660. The van der Waals surface area contributed by atoms with Gasteiger partial charge < -0.3 is 13.7 Å². The standard InChI is InChI=1S/C56H35N7/c1-3-17-36(18-4-1)43-35-44(60-56(59-43)37-19-5-2-6-20-37)38-33-51(61-45-25-11-7-21-39(45)40-22-8-12-26-46(40)61)55(63-49-29-15-31-57-53(49)54-50(63)30-16-32-58-54)52(34-38)62-47-27-13-9-23-41(47)42-24-10-14-28-48(42)62/h1-35H. The number of rotatable bonds is 6. The number of para-hydroxylation sites is 4. The summed E-state index contributed by atoms with van der Waals surface area (Å²) >= 11 is 0. The van der Waals surface area contributed by atoms with E-state index in [-0.39, 0.29) is 0 Å². The lowest BCUT2D eigenvalue weighted by Crippen LogP contribution is -2.10. The number of hydrogen-bond acceptors (Lipinski definition) is 4. The molecular weight excluding hydrogens is 771 g/mol. The van der Waals surface area contributed by atoms with Gasteiger partial charge in [-0.15, -0.1) is 0 Å². The Morgan fingerprint density at radius 3 is 1.14 bits per heavy atom. The first-order valence-corrected chi connectivity index (χ1v) is 21.1. The summed E-state index contributed by atoms with van der Waals surface area (Å²) in [5.41, 5.74) is 15.5. The number of hydrogen-bond donors (Lipinski definition) is 0. The molecule has 0 saturated carbocycles. The van der Waals surface area contributed by atoms with Crippen LogP contribution in [0.1, 0.15) is 0 Å². The second kappa shape index (κ2) is 13.9. The number of nitrogens with zero attached hydrogens (tertiary/aromatic N) is 7. The van der Waals surface area contributed by atoms with Gasteiger partial charge in [-0.25, -0.2) is 9.97 Å². The highest BCUT2D eigenvalue weighted by atomic mass is 15.1. The van der Waals surface area contributed by atoms with Crippen LogP contribution in [0.5, 0.6) is 0 Å². The molecule has 13 aromatic rings. The van der Waals surface area contributed by atoms with E-state index in [4.69, 9.17) is 19.9 Å². The maximum absolute atomic E-state index is 5.43. The van der Waals surface area contributed by atoms with Crippen LogP contribution in [0.15, 0.2) is 213 Å². The van der Waals surface area contributed by atoms with Gasteiger partial charge in [0.15, 0.2) is 5.82 Å². The molecule has 0 amide bonds. The Morgan fingerprint density at radius 2 is 0.683 bits per heavy atom. The van der Waals surface area contributed by atoms with E-state index in [9.17, 15) is 0 Å². The summed E-state index contributed by atoms with van der Waals surface area (Å²) in [6.07, 6.45) is 3.71. The minimum atomic E-state index is 0.660. The monoisotopic (exact) mass is 805 g/mol. The molecule has 6 aromatic heterocycles. The Balaban J connectivity index is 1.26. The third-order valence-corrected chi connectivity index (χ3v) is 12.3. The summed E-state index contributed by atoms with van der Waals surface area (Å²) in [4.78, 5) is 20.6. The highest BCUT2D eigenvalue weighted by Gasteiger charge is 2.27. The molecule has 0 aliphatic carbocycles. The molecule has 7 aromatic carbocycles. The molecule has 63 heavy (non-hydrogen) atoms. The fourth-order valence-corrected chi connectivity index (χ4v) is 9.64. The second-order valence-electron chi connectivity index (χ2n) is 15.9. The normalized spacial score (nSPS) is 11.8. The van der Waals surface area contributed by atoms with Crippen molar-refractivity contribution in [2.24, 2.45) is 0 Å². The molecule has 294 valence electrons. The van der Waals surface area contributed by atoms with Crippen molar-refractivity contribution in [3.63, 3.8) is 0 Å². The molecule has 0 radical (unpaired) electrons. The van der Waals surface area contributed by atoms with Crippen molar-refractivity contribution in [2.75, 3.05) is 0 Å². The first-order chi connectivity index (χ1) is 31.3. The number of benzene rings is 7. The highest BCUT2D eigenvalue weighted by Crippen LogP contribution is 2.44. The molecule has 0 spiro atoms. The van der Waals surface area contributed by atoms with Crippen molar-refractivity contribution >= 4 is 65.7 Å². The van der Waals surface area contributed by atoms with Crippen molar-refractivity contribution < 1.29 is 0 Å². The van der Waals surface area contributed by atoms with Crippen LogP contribution < -0.4 is 0 Å². The smallest absolute Gasteiger partial charge is 0.160 e. The summed E-state index contributed by atoms with van der Waals surface area (Å²) in [5, 5.41) is 4.70. The lowest BCUT2D eigenvalue weighted by molar-refractivity contribution is 1.05. The molecule has 0 bridgehead atoms. The zero-order chi connectivity index (χ0) is 41.4. The van der Waals surface area contributed by atoms with Crippen LogP contribution in [0.3, 0.4) is 0 Å². The molecule has 0 aliphatic rings. The van der Waals surface area contributed by atoms with Gasteiger partial charge in [-0.1, -0.05) is 133 Å². The largest absolute Gasteiger partial charge is 0.307 e. The van der Waals surface area contributed by atoms with Gasteiger partial charge in [-0.2, -0.15) is 0 Å². The molecule has 0 fully saturated rings. The van der Waals surface area contributed by atoms with E-state index in [1.54, 1.807) is 0 Å². The van der Waals surface area contributed by atoms with Crippen molar-refractivity contribution in [2.45, 2.75) is 0 Å². The van der Waals surface area contributed by atoms with E-state index < -0.39 is 0 Å². The van der Waals surface area contributed by atoms with Gasteiger partial charge in [0.1, 0.15) is 11.0 Å². The zero-order valence-corrected chi connectivity index (χ0v) is 33.8. The maximum Gasteiger partial charge on any atom is 0.160 e. The van der Waals surface area contributed by atoms with Crippen molar-refractivity contribution in [1.82, 2.24) is 33.6 Å². The maximum atomic E-state index is 5.43. The van der Waals surface area contributed by atoms with Crippen molar-refractivity contribution in [1.29, 1.82) is 0 Å². The van der Waals surface area contributed by atoms with Crippen LogP contribution in [0.25, 0.3) is 117 Å². The molecule has 7 heteroatoms. The summed E-state index contributed by atoms with van der Waals surface area (Å²) in [7, 11) is 0. The first kappa shape index (κ1) is 35.1. The molecule has 7 nitrogen and oxygen atoms in total. The van der Waals surface area contributed by atoms with Gasteiger partial charge >= 0.3 is 0 Å². The Morgan fingerprint density at radius 1 is 0.302 bits per heavy atom. The van der Waals surface area contributed by atoms with E-state index in [0.717, 1.165) is 89.3 Å². The molecule has 0 atom stereocenters. The van der Waals surface area contributed by atoms with Gasteiger partial charge in [-0.3, -0.25) is 9.97 Å². The predicted molar refractivity (Wildman–Crippen MR) is 257 cm³/mol. The van der Waals surface area contributed by atoms with E-state index in [1.165, 1.54) is 21.5 Å².